The fourth-order valence-electron chi connectivity index (χ4n) is 2.39. The minimum atomic E-state index is -0.276. The van der Waals surface area contributed by atoms with Gasteiger partial charge in [0, 0.05) is 13.6 Å². The van der Waals surface area contributed by atoms with Crippen LogP contribution in [0.2, 0.25) is 0 Å². The van der Waals surface area contributed by atoms with Crippen molar-refractivity contribution in [2.75, 3.05) is 6.54 Å². The molecular weight excluding hydrogens is 238 g/mol. The molecule has 1 aromatic carbocycles. The lowest BCUT2D eigenvalue weighted by Crippen LogP contribution is -2.30. The molecule has 2 unspecified atom stereocenters. The molecule has 4 nitrogen and oxygen atoms in total. The number of imidazole rings is 1. The zero-order chi connectivity index (χ0) is 13.8. The highest BCUT2D eigenvalue weighted by atomic mass is 16.3. The molecule has 0 amide bonds. The lowest BCUT2D eigenvalue weighted by Gasteiger charge is -2.16. The highest BCUT2D eigenvalue weighted by Gasteiger charge is 2.14. The first-order valence-electron chi connectivity index (χ1n) is 6.96. The van der Waals surface area contributed by atoms with Crippen molar-refractivity contribution in [1.29, 1.82) is 0 Å². The van der Waals surface area contributed by atoms with Crippen LogP contribution in [0.15, 0.2) is 24.3 Å². The number of aliphatic hydroxyl groups is 1. The second-order valence-electron chi connectivity index (χ2n) is 5.09. The Balaban J connectivity index is 2.09. The molecule has 1 heterocycles. The summed E-state index contributed by atoms with van der Waals surface area (Å²) >= 11 is 0. The number of aliphatic hydroxyl groups excluding tert-OH is 1. The number of benzene rings is 1. The minimum absolute atomic E-state index is 0.129. The Kier molecular flexibility index (Phi) is 4.56. The molecule has 0 aliphatic carbocycles. The second-order valence-corrected chi connectivity index (χ2v) is 5.09. The molecule has 0 saturated heterocycles. The Hall–Kier alpha value is -1.39. The van der Waals surface area contributed by atoms with Gasteiger partial charge in [-0.3, -0.25) is 0 Å². The Bertz CT molecular complexity index is 535. The van der Waals surface area contributed by atoms with Crippen molar-refractivity contribution in [3.05, 3.63) is 30.1 Å². The number of nitrogens with zero attached hydrogens (tertiary/aromatic N) is 2. The van der Waals surface area contributed by atoms with Crippen LogP contribution in [0.3, 0.4) is 0 Å². The number of hydrogen-bond acceptors (Lipinski definition) is 3. The van der Waals surface area contributed by atoms with E-state index in [1.54, 1.807) is 0 Å². The molecule has 0 bridgehead atoms. The van der Waals surface area contributed by atoms with Gasteiger partial charge in [-0.2, -0.15) is 0 Å². The molecule has 2 atom stereocenters. The SMILES string of the molecule is CCCC(O)CNC(C)c1nc2ccccc2n1C. The fraction of sp³-hybridized carbons (Fsp3) is 0.533. The van der Waals surface area contributed by atoms with E-state index in [9.17, 15) is 5.11 Å². The van der Waals surface area contributed by atoms with Crippen molar-refractivity contribution in [3.63, 3.8) is 0 Å². The molecule has 0 radical (unpaired) electrons. The maximum Gasteiger partial charge on any atom is 0.126 e. The van der Waals surface area contributed by atoms with Crippen molar-refractivity contribution in [2.45, 2.75) is 38.8 Å². The highest BCUT2D eigenvalue weighted by molar-refractivity contribution is 5.75. The molecule has 0 saturated carbocycles. The lowest BCUT2D eigenvalue weighted by atomic mass is 10.2. The van der Waals surface area contributed by atoms with E-state index in [0.717, 1.165) is 29.7 Å². The molecule has 2 aromatic rings. The van der Waals surface area contributed by atoms with Gasteiger partial charge in [0.2, 0.25) is 0 Å². The third kappa shape index (κ3) is 3.14. The van der Waals surface area contributed by atoms with E-state index in [1.807, 2.05) is 25.2 Å². The Morgan fingerprint density at radius 2 is 2.11 bits per heavy atom. The van der Waals surface area contributed by atoms with Crippen molar-refractivity contribution < 1.29 is 5.11 Å². The van der Waals surface area contributed by atoms with Gasteiger partial charge in [-0.05, 0) is 25.5 Å². The van der Waals surface area contributed by atoms with Gasteiger partial charge in [-0.1, -0.05) is 25.5 Å². The molecule has 2 N–H and O–H groups in total. The van der Waals surface area contributed by atoms with Crippen LogP contribution in [0.5, 0.6) is 0 Å². The van der Waals surface area contributed by atoms with Crippen molar-refractivity contribution in [2.24, 2.45) is 7.05 Å². The molecule has 2 rings (SSSR count). The smallest absolute Gasteiger partial charge is 0.126 e. The van der Waals surface area contributed by atoms with Gasteiger partial charge >= 0.3 is 0 Å². The topological polar surface area (TPSA) is 50.1 Å². The van der Waals surface area contributed by atoms with Gasteiger partial charge in [-0.25, -0.2) is 4.98 Å². The van der Waals surface area contributed by atoms with Crippen LogP contribution >= 0.6 is 0 Å². The summed E-state index contributed by atoms with van der Waals surface area (Å²) < 4.78 is 2.11. The monoisotopic (exact) mass is 261 g/mol. The van der Waals surface area contributed by atoms with E-state index < -0.39 is 0 Å². The third-order valence-electron chi connectivity index (χ3n) is 3.49. The van der Waals surface area contributed by atoms with Crippen molar-refractivity contribution >= 4 is 11.0 Å². The van der Waals surface area contributed by atoms with Crippen LogP contribution in [0, 0.1) is 0 Å². The molecule has 0 spiro atoms. The van der Waals surface area contributed by atoms with Gasteiger partial charge in [0.25, 0.3) is 0 Å². The van der Waals surface area contributed by atoms with E-state index in [-0.39, 0.29) is 12.1 Å². The lowest BCUT2D eigenvalue weighted by molar-refractivity contribution is 0.156. The number of aromatic nitrogens is 2. The summed E-state index contributed by atoms with van der Waals surface area (Å²) in [5.41, 5.74) is 2.16. The summed E-state index contributed by atoms with van der Waals surface area (Å²) in [5, 5.41) is 13.1. The van der Waals surface area contributed by atoms with E-state index in [1.165, 1.54) is 0 Å². The summed E-state index contributed by atoms with van der Waals surface area (Å²) in [6.07, 6.45) is 1.56. The van der Waals surface area contributed by atoms with Crippen LogP contribution in [-0.2, 0) is 7.05 Å². The number of hydrogen-bond donors (Lipinski definition) is 2. The maximum atomic E-state index is 9.76. The summed E-state index contributed by atoms with van der Waals surface area (Å²) in [6, 6.07) is 8.25. The molecule has 0 aliphatic heterocycles. The average molecular weight is 261 g/mol. The maximum absolute atomic E-state index is 9.76. The van der Waals surface area contributed by atoms with Gasteiger partial charge in [0.05, 0.1) is 23.2 Å². The van der Waals surface area contributed by atoms with Crippen LogP contribution in [-0.4, -0.2) is 27.3 Å². The molecule has 19 heavy (non-hydrogen) atoms. The molecule has 0 fully saturated rings. The van der Waals surface area contributed by atoms with Crippen LogP contribution in [0.25, 0.3) is 11.0 Å². The minimum Gasteiger partial charge on any atom is -0.392 e. The molecule has 1 aromatic heterocycles. The summed E-state index contributed by atoms with van der Waals surface area (Å²) in [7, 11) is 2.03. The second kappa shape index (κ2) is 6.17. The molecule has 0 aliphatic rings. The van der Waals surface area contributed by atoms with E-state index in [0.29, 0.717) is 6.54 Å². The van der Waals surface area contributed by atoms with Crippen molar-refractivity contribution in [1.82, 2.24) is 14.9 Å². The molecule has 4 heteroatoms. The normalized spacial score (nSPS) is 14.7. The zero-order valence-electron chi connectivity index (χ0n) is 11.9. The van der Waals surface area contributed by atoms with E-state index in [2.05, 4.69) is 34.8 Å². The highest BCUT2D eigenvalue weighted by Crippen LogP contribution is 2.19. The van der Waals surface area contributed by atoms with E-state index in [4.69, 9.17) is 0 Å². The first-order chi connectivity index (χ1) is 9.13. The number of rotatable bonds is 6. The molecular formula is C15H23N3O. The van der Waals surface area contributed by atoms with Gasteiger partial charge in [-0.15, -0.1) is 0 Å². The van der Waals surface area contributed by atoms with Crippen LogP contribution in [0.1, 0.15) is 38.6 Å². The predicted molar refractivity (Wildman–Crippen MR) is 78.0 cm³/mol. The fourth-order valence-corrected chi connectivity index (χ4v) is 2.39. The summed E-state index contributed by atoms with van der Waals surface area (Å²) in [4.78, 5) is 4.65. The van der Waals surface area contributed by atoms with Crippen LogP contribution < -0.4 is 5.32 Å². The Morgan fingerprint density at radius 3 is 2.79 bits per heavy atom. The van der Waals surface area contributed by atoms with E-state index >= 15 is 0 Å². The van der Waals surface area contributed by atoms with Gasteiger partial charge in [0.15, 0.2) is 0 Å². The number of nitrogens with one attached hydrogen (secondary N) is 1. The van der Waals surface area contributed by atoms with Gasteiger partial charge in [0.1, 0.15) is 5.82 Å². The zero-order valence-corrected chi connectivity index (χ0v) is 11.9. The summed E-state index contributed by atoms with van der Waals surface area (Å²) in [6.45, 7) is 4.77. The third-order valence-corrected chi connectivity index (χ3v) is 3.49. The largest absolute Gasteiger partial charge is 0.392 e. The Morgan fingerprint density at radius 1 is 1.37 bits per heavy atom. The first kappa shape index (κ1) is 14.0. The summed E-state index contributed by atoms with van der Waals surface area (Å²) in [5.74, 6) is 1.00. The van der Waals surface area contributed by atoms with Crippen LogP contribution in [0.4, 0.5) is 0 Å². The van der Waals surface area contributed by atoms with Crippen molar-refractivity contribution in [3.8, 4) is 0 Å². The number of para-hydroxylation sites is 2. The quantitative estimate of drug-likeness (QED) is 0.839. The Labute approximate surface area is 114 Å². The standard InChI is InChI=1S/C15H23N3O/c1-4-7-12(19)10-16-11(2)15-17-13-8-5-6-9-14(13)18(15)3/h5-6,8-9,11-12,16,19H,4,7,10H2,1-3H3. The molecule has 104 valence electrons. The first-order valence-corrected chi connectivity index (χ1v) is 6.96. The number of fused-ring (bicyclic) bond motifs is 1. The predicted octanol–water partition coefficient (Wildman–Crippen LogP) is 2.38. The average Bonchev–Trinajstić information content (AvgIpc) is 2.74. The number of aryl methyl sites for hydroxylation is 1. The van der Waals surface area contributed by atoms with Gasteiger partial charge < -0.3 is 15.0 Å².